The Bertz CT molecular complexity index is 427. The minimum atomic E-state index is -0.0243. The number of aryl methyl sites for hydroxylation is 1. The highest BCUT2D eigenvalue weighted by Crippen LogP contribution is 2.37. The summed E-state index contributed by atoms with van der Waals surface area (Å²) in [5, 5.41) is 8.99. The largest absolute Gasteiger partial charge is 0.396 e. The molecule has 0 aliphatic carbocycles. The van der Waals surface area contributed by atoms with Crippen molar-refractivity contribution < 1.29 is 9.84 Å². The minimum absolute atomic E-state index is 0.0243. The van der Waals surface area contributed by atoms with Gasteiger partial charge in [-0.05, 0) is 12.5 Å². The fraction of sp³-hybridized carbons (Fsp3) is 0.400. The van der Waals surface area contributed by atoms with Gasteiger partial charge in [-0.3, -0.25) is 0 Å². The van der Waals surface area contributed by atoms with Crippen molar-refractivity contribution in [2.75, 3.05) is 6.61 Å². The monoisotopic (exact) mass is 230 g/mol. The molecule has 1 heterocycles. The molecule has 1 N–H and O–H groups in total. The van der Waals surface area contributed by atoms with Crippen LogP contribution in [-0.2, 0) is 4.74 Å². The van der Waals surface area contributed by atoms with Crippen molar-refractivity contribution in [1.29, 1.82) is 0 Å². The Balaban J connectivity index is 2.15. The molecule has 0 aromatic heterocycles. The molecule has 1 aromatic rings. The maximum absolute atomic E-state index is 8.99. The highest BCUT2D eigenvalue weighted by molar-refractivity contribution is 5.27. The second-order valence-electron chi connectivity index (χ2n) is 4.44. The van der Waals surface area contributed by atoms with Crippen LogP contribution in [0.15, 0.2) is 42.1 Å². The Labute approximate surface area is 102 Å². The van der Waals surface area contributed by atoms with E-state index < -0.39 is 0 Å². The molecule has 2 rings (SSSR count). The minimum Gasteiger partial charge on any atom is -0.396 e. The van der Waals surface area contributed by atoms with E-state index in [1.165, 1.54) is 11.1 Å². The Morgan fingerprint density at radius 2 is 2.12 bits per heavy atom. The molecular formula is C15H18O2. The van der Waals surface area contributed by atoms with Gasteiger partial charge in [0, 0.05) is 25.0 Å². The highest BCUT2D eigenvalue weighted by Gasteiger charge is 2.30. The maximum atomic E-state index is 8.99. The molecule has 90 valence electrons. The Kier molecular flexibility index (Phi) is 3.80. The van der Waals surface area contributed by atoms with E-state index in [-0.39, 0.29) is 18.8 Å². The van der Waals surface area contributed by atoms with Crippen molar-refractivity contribution in [1.82, 2.24) is 0 Å². The molecule has 2 unspecified atom stereocenters. The van der Waals surface area contributed by atoms with Crippen molar-refractivity contribution in [3.8, 4) is 0 Å². The smallest absolute Gasteiger partial charge is 0.0889 e. The number of aliphatic hydroxyl groups is 1. The molecule has 1 aromatic carbocycles. The van der Waals surface area contributed by atoms with Gasteiger partial charge in [-0.1, -0.05) is 36.4 Å². The Morgan fingerprint density at radius 1 is 1.41 bits per heavy atom. The van der Waals surface area contributed by atoms with E-state index in [1.807, 2.05) is 0 Å². The predicted molar refractivity (Wildman–Crippen MR) is 67.8 cm³/mol. The van der Waals surface area contributed by atoms with Gasteiger partial charge in [0.15, 0.2) is 0 Å². The third-order valence-electron chi connectivity index (χ3n) is 3.19. The van der Waals surface area contributed by atoms with Crippen LogP contribution in [0.5, 0.6) is 0 Å². The lowest BCUT2D eigenvalue weighted by Gasteiger charge is -2.12. The van der Waals surface area contributed by atoms with E-state index >= 15 is 0 Å². The van der Waals surface area contributed by atoms with Crippen LogP contribution in [0.3, 0.4) is 0 Å². The summed E-state index contributed by atoms with van der Waals surface area (Å²) in [5.74, 6) is 0. The van der Waals surface area contributed by atoms with Gasteiger partial charge < -0.3 is 9.84 Å². The molecule has 2 nitrogen and oxygen atoms in total. The molecule has 0 spiro atoms. The second kappa shape index (κ2) is 5.33. The standard InChI is InChI=1S/C15H18O2/c1-3-12-10-15(17-14(12)8-9-16)13-6-4-11(2)5-7-13/h4-7,14-16H,1,8-10H2,2H3. The first-order chi connectivity index (χ1) is 8.24. The topological polar surface area (TPSA) is 29.5 Å². The number of ether oxygens (including phenoxy) is 1. The third-order valence-corrected chi connectivity index (χ3v) is 3.19. The van der Waals surface area contributed by atoms with Gasteiger partial charge in [-0.2, -0.15) is 0 Å². The van der Waals surface area contributed by atoms with Crippen molar-refractivity contribution >= 4 is 0 Å². The molecule has 1 fully saturated rings. The fourth-order valence-electron chi connectivity index (χ4n) is 2.18. The molecule has 0 radical (unpaired) electrons. The van der Waals surface area contributed by atoms with Crippen molar-refractivity contribution in [3.63, 3.8) is 0 Å². The SMILES string of the molecule is C=C=C1CC(c2ccc(C)cc2)OC1CCO. The zero-order valence-corrected chi connectivity index (χ0v) is 10.1. The van der Waals surface area contributed by atoms with Crippen LogP contribution in [-0.4, -0.2) is 17.8 Å². The summed E-state index contributed by atoms with van der Waals surface area (Å²) < 4.78 is 5.93. The molecule has 0 bridgehead atoms. The second-order valence-corrected chi connectivity index (χ2v) is 4.44. The molecule has 1 aliphatic heterocycles. The number of hydrogen-bond acceptors (Lipinski definition) is 2. The molecule has 2 heteroatoms. The van der Waals surface area contributed by atoms with E-state index in [4.69, 9.17) is 9.84 Å². The summed E-state index contributed by atoms with van der Waals surface area (Å²) in [6.07, 6.45) is 1.51. The van der Waals surface area contributed by atoms with Gasteiger partial charge in [0.2, 0.25) is 0 Å². The average molecular weight is 230 g/mol. The molecule has 0 amide bonds. The van der Waals surface area contributed by atoms with E-state index in [2.05, 4.69) is 43.5 Å². The summed E-state index contributed by atoms with van der Waals surface area (Å²) in [6.45, 7) is 5.90. The third kappa shape index (κ3) is 2.67. The number of benzene rings is 1. The number of aliphatic hydroxyl groups excluding tert-OH is 1. The summed E-state index contributed by atoms with van der Waals surface area (Å²) in [7, 11) is 0. The van der Waals surface area contributed by atoms with E-state index in [0.29, 0.717) is 6.42 Å². The Morgan fingerprint density at radius 3 is 2.71 bits per heavy atom. The Hall–Kier alpha value is -1.34. The van der Waals surface area contributed by atoms with E-state index in [0.717, 1.165) is 12.0 Å². The average Bonchev–Trinajstić information content (AvgIpc) is 2.74. The first-order valence-corrected chi connectivity index (χ1v) is 5.96. The zero-order chi connectivity index (χ0) is 12.3. The van der Waals surface area contributed by atoms with Crippen LogP contribution in [0.25, 0.3) is 0 Å². The van der Waals surface area contributed by atoms with Crippen molar-refractivity contribution in [3.05, 3.63) is 53.3 Å². The highest BCUT2D eigenvalue weighted by atomic mass is 16.5. The fourth-order valence-corrected chi connectivity index (χ4v) is 2.18. The predicted octanol–water partition coefficient (Wildman–Crippen LogP) is 2.92. The lowest BCUT2D eigenvalue weighted by atomic mass is 10.0. The van der Waals surface area contributed by atoms with Crippen molar-refractivity contribution in [2.24, 2.45) is 0 Å². The van der Waals surface area contributed by atoms with Gasteiger partial charge in [-0.15, -0.1) is 5.73 Å². The van der Waals surface area contributed by atoms with Crippen molar-refractivity contribution in [2.45, 2.75) is 32.0 Å². The maximum Gasteiger partial charge on any atom is 0.0889 e. The van der Waals surface area contributed by atoms with Crippen LogP contribution >= 0.6 is 0 Å². The first kappa shape index (κ1) is 12.1. The molecule has 2 atom stereocenters. The van der Waals surface area contributed by atoms with Gasteiger partial charge in [0.05, 0.1) is 12.2 Å². The summed E-state index contributed by atoms with van der Waals surface area (Å²) >= 11 is 0. The normalized spacial score (nSPS) is 23.8. The lowest BCUT2D eigenvalue weighted by Crippen LogP contribution is -2.10. The van der Waals surface area contributed by atoms with Crippen LogP contribution in [0.1, 0.15) is 30.1 Å². The van der Waals surface area contributed by atoms with Gasteiger partial charge in [0.1, 0.15) is 0 Å². The summed E-state index contributed by atoms with van der Waals surface area (Å²) in [4.78, 5) is 0. The molecule has 0 saturated carbocycles. The summed E-state index contributed by atoms with van der Waals surface area (Å²) in [6, 6.07) is 8.38. The van der Waals surface area contributed by atoms with Crippen LogP contribution in [0.2, 0.25) is 0 Å². The first-order valence-electron chi connectivity index (χ1n) is 5.96. The molecular weight excluding hydrogens is 212 g/mol. The molecule has 1 saturated heterocycles. The van der Waals surface area contributed by atoms with Gasteiger partial charge in [-0.25, -0.2) is 0 Å². The van der Waals surface area contributed by atoms with Crippen LogP contribution in [0.4, 0.5) is 0 Å². The quantitative estimate of drug-likeness (QED) is 0.809. The van der Waals surface area contributed by atoms with Gasteiger partial charge in [0.25, 0.3) is 0 Å². The molecule has 17 heavy (non-hydrogen) atoms. The van der Waals surface area contributed by atoms with Gasteiger partial charge >= 0.3 is 0 Å². The molecule has 1 aliphatic rings. The number of hydrogen-bond donors (Lipinski definition) is 1. The summed E-state index contributed by atoms with van der Waals surface area (Å²) in [5.41, 5.74) is 6.45. The van der Waals surface area contributed by atoms with E-state index in [1.54, 1.807) is 0 Å². The lowest BCUT2D eigenvalue weighted by molar-refractivity contribution is 0.0383. The number of rotatable bonds is 3. The van der Waals surface area contributed by atoms with Crippen LogP contribution in [0, 0.1) is 6.92 Å². The van der Waals surface area contributed by atoms with E-state index in [9.17, 15) is 0 Å². The van der Waals surface area contributed by atoms with Crippen LogP contribution < -0.4 is 0 Å². The zero-order valence-electron chi connectivity index (χ0n) is 10.1.